The normalized spacial score (nSPS) is 10.9. The predicted octanol–water partition coefficient (Wildman–Crippen LogP) is 2.25. The number of nitrogens with zero attached hydrogens (tertiary/aromatic N) is 4. The summed E-state index contributed by atoms with van der Waals surface area (Å²) in [5, 5.41) is 3.34. The molecule has 0 aliphatic rings. The van der Waals surface area contributed by atoms with Gasteiger partial charge < -0.3 is 15.1 Å². The van der Waals surface area contributed by atoms with Crippen molar-refractivity contribution in [1.82, 2.24) is 14.9 Å². The maximum atomic E-state index is 4.55. The molecular weight excluding hydrogens is 250 g/mol. The van der Waals surface area contributed by atoms with Gasteiger partial charge in [-0.3, -0.25) is 0 Å². The molecule has 0 saturated carbocycles. The zero-order valence-corrected chi connectivity index (χ0v) is 13.6. The van der Waals surface area contributed by atoms with Gasteiger partial charge in [0.05, 0.1) is 0 Å². The van der Waals surface area contributed by atoms with Crippen LogP contribution in [0.5, 0.6) is 0 Å². The van der Waals surface area contributed by atoms with Gasteiger partial charge in [-0.2, -0.15) is 0 Å². The van der Waals surface area contributed by atoms with Gasteiger partial charge in [-0.15, -0.1) is 0 Å². The summed E-state index contributed by atoms with van der Waals surface area (Å²) < 4.78 is 0. The van der Waals surface area contributed by atoms with E-state index in [2.05, 4.69) is 60.0 Å². The molecule has 1 N–H and O–H groups in total. The minimum atomic E-state index is 0.884. The van der Waals surface area contributed by atoms with E-state index in [1.807, 2.05) is 0 Å². The largest absolute Gasteiger partial charge is 0.370 e. The highest BCUT2D eigenvalue weighted by Gasteiger charge is 2.15. The van der Waals surface area contributed by atoms with Crippen LogP contribution >= 0.6 is 0 Å². The number of hydrogen-bond acceptors (Lipinski definition) is 5. The monoisotopic (exact) mass is 279 g/mol. The highest BCUT2D eigenvalue weighted by molar-refractivity contribution is 5.58. The molecule has 0 saturated heterocycles. The van der Waals surface area contributed by atoms with Crippen LogP contribution in [0.25, 0.3) is 0 Å². The number of aromatic nitrogens is 2. The van der Waals surface area contributed by atoms with Gasteiger partial charge in [-0.05, 0) is 33.9 Å². The lowest BCUT2D eigenvalue weighted by Crippen LogP contribution is -2.33. The number of anilines is 2. The Balaban J connectivity index is 3.01. The standard InChI is InChI=1S/C15H29N5/c1-6-9-20(11-10-19(4)5)15-13(7-2)14(16-8-3)17-12-18-15/h12H,6-11H2,1-5H3,(H,16,17,18). The molecule has 0 unspecified atom stereocenters. The fourth-order valence-electron chi connectivity index (χ4n) is 2.24. The molecule has 114 valence electrons. The zero-order chi connectivity index (χ0) is 15.0. The van der Waals surface area contributed by atoms with Gasteiger partial charge in [0.25, 0.3) is 0 Å². The molecule has 5 heteroatoms. The van der Waals surface area contributed by atoms with Crippen LogP contribution in [0, 0.1) is 0 Å². The van der Waals surface area contributed by atoms with Crippen LogP contribution in [0.1, 0.15) is 32.8 Å². The Bertz CT molecular complexity index is 392. The van der Waals surface area contributed by atoms with Crippen molar-refractivity contribution < 1.29 is 0 Å². The molecule has 0 aliphatic heterocycles. The van der Waals surface area contributed by atoms with Crippen molar-refractivity contribution in [1.29, 1.82) is 0 Å². The Hall–Kier alpha value is -1.36. The van der Waals surface area contributed by atoms with Crippen molar-refractivity contribution in [2.45, 2.75) is 33.6 Å². The van der Waals surface area contributed by atoms with Crippen LogP contribution in [0.3, 0.4) is 0 Å². The average Bonchev–Trinajstić information content (AvgIpc) is 2.43. The molecule has 5 nitrogen and oxygen atoms in total. The van der Waals surface area contributed by atoms with Crippen LogP contribution in [0.2, 0.25) is 0 Å². The first-order chi connectivity index (χ1) is 9.63. The lowest BCUT2D eigenvalue weighted by atomic mass is 10.2. The van der Waals surface area contributed by atoms with Gasteiger partial charge in [0.2, 0.25) is 0 Å². The van der Waals surface area contributed by atoms with E-state index < -0.39 is 0 Å². The molecule has 20 heavy (non-hydrogen) atoms. The molecule has 0 aliphatic carbocycles. The SMILES string of the molecule is CCCN(CCN(C)C)c1ncnc(NCC)c1CC. The molecule has 0 bridgehead atoms. The third kappa shape index (κ3) is 4.63. The molecule has 0 spiro atoms. The summed E-state index contributed by atoms with van der Waals surface area (Å²) in [6.45, 7) is 10.4. The highest BCUT2D eigenvalue weighted by atomic mass is 15.2. The second-order valence-electron chi connectivity index (χ2n) is 5.20. The topological polar surface area (TPSA) is 44.3 Å². The summed E-state index contributed by atoms with van der Waals surface area (Å²) in [6, 6.07) is 0. The van der Waals surface area contributed by atoms with Crippen molar-refractivity contribution in [3.8, 4) is 0 Å². The van der Waals surface area contributed by atoms with E-state index in [0.29, 0.717) is 0 Å². The zero-order valence-electron chi connectivity index (χ0n) is 13.6. The molecule has 1 aromatic heterocycles. The second kappa shape index (κ2) is 8.74. The van der Waals surface area contributed by atoms with Crippen molar-refractivity contribution in [3.05, 3.63) is 11.9 Å². The van der Waals surface area contributed by atoms with Crippen molar-refractivity contribution in [2.75, 3.05) is 50.5 Å². The lowest BCUT2D eigenvalue weighted by Gasteiger charge is -2.27. The van der Waals surface area contributed by atoms with E-state index >= 15 is 0 Å². The van der Waals surface area contributed by atoms with E-state index in [4.69, 9.17) is 0 Å². The van der Waals surface area contributed by atoms with Gasteiger partial charge in [-0.1, -0.05) is 13.8 Å². The molecule has 1 aromatic rings. The number of rotatable bonds is 9. The molecular formula is C15H29N5. The van der Waals surface area contributed by atoms with Crippen LogP contribution in [0.15, 0.2) is 6.33 Å². The summed E-state index contributed by atoms with van der Waals surface area (Å²) in [5.74, 6) is 2.06. The summed E-state index contributed by atoms with van der Waals surface area (Å²) >= 11 is 0. The number of nitrogens with one attached hydrogen (secondary N) is 1. The first kappa shape index (κ1) is 16.7. The van der Waals surface area contributed by atoms with Crippen molar-refractivity contribution in [2.24, 2.45) is 0 Å². The molecule has 1 heterocycles. The third-order valence-corrected chi connectivity index (χ3v) is 3.23. The highest BCUT2D eigenvalue weighted by Crippen LogP contribution is 2.24. The second-order valence-corrected chi connectivity index (χ2v) is 5.20. The van der Waals surface area contributed by atoms with Crippen molar-refractivity contribution in [3.63, 3.8) is 0 Å². The fourth-order valence-corrected chi connectivity index (χ4v) is 2.24. The van der Waals surface area contributed by atoms with Gasteiger partial charge in [-0.25, -0.2) is 9.97 Å². The lowest BCUT2D eigenvalue weighted by molar-refractivity contribution is 0.412. The average molecular weight is 279 g/mol. The van der Waals surface area contributed by atoms with E-state index in [1.165, 1.54) is 5.56 Å². The summed E-state index contributed by atoms with van der Waals surface area (Å²) in [4.78, 5) is 13.5. The first-order valence-corrected chi connectivity index (χ1v) is 7.61. The van der Waals surface area contributed by atoms with Crippen LogP contribution in [0.4, 0.5) is 11.6 Å². The Morgan fingerprint density at radius 2 is 1.80 bits per heavy atom. The predicted molar refractivity (Wildman–Crippen MR) is 86.6 cm³/mol. The van der Waals surface area contributed by atoms with Crippen LogP contribution in [-0.4, -0.2) is 55.1 Å². The first-order valence-electron chi connectivity index (χ1n) is 7.61. The summed E-state index contributed by atoms with van der Waals surface area (Å²) in [7, 11) is 4.21. The minimum absolute atomic E-state index is 0.884. The maximum absolute atomic E-state index is 4.55. The van der Waals surface area contributed by atoms with Gasteiger partial charge in [0.1, 0.15) is 18.0 Å². The number of likely N-dealkylation sites (N-methyl/N-ethyl adjacent to an activating group) is 1. The van der Waals surface area contributed by atoms with Crippen LogP contribution in [-0.2, 0) is 6.42 Å². The van der Waals surface area contributed by atoms with E-state index in [-0.39, 0.29) is 0 Å². The van der Waals surface area contributed by atoms with Gasteiger partial charge >= 0.3 is 0 Å². The molecule has 0 radical (unpaired) electrons. The Kier molecular flexibility index (Phi) is 7.30. The minimum Gasteiger partial charge on any atom is -0.370 e. The van der Waals surface area contributed by atoms with E-state index in [0.717, 1.165) is 50.7 Å². The molecule has 1 rings (SSSR count). The number of hydrogen-bond donors (Lipinski definition) is 1. The summed E-state index contributed by atoms with van der Waals surface area (Å²) in [6.07, 6.45) is 3.74. The fraction of sp³-hybridized carbons (Fsp3) is 0.733. The van der Waals surface area contributed by atoms with Crippen molar-refractivity contribution >= 4 is 11.6 Å². The Labute approximate surface area is 123 Å². The molecule has 0 aromatic carbocycles. The van der Waals surface area contributed by atoms with Crippen LogP contribution < -0.4 is 10.2 Å². The smallest absolute Gasteiger partial charge is 0.137 e. The maximum Gasteiger partial charge on any atom is 0.137 e. The van der Waals surface area contributed by atoms with Gasteiger partial charge in [0, 0.05) is 31.7 Å². The third-order valence-electron chi connectivity index (χ3n) is 3.23. The quantitative estimate of drug-likeness (QED) is 0.751. The Morgan fingerprint density at radius 3 is 2.35 bits per heavy atom. The van der Waals surface area contributed by atoms with Gasteiger partial charge in [0.15, 0.2) is 0 Å². The molecule has 0 amide bonds. The molecule has 0 atom stereocenters. The summed E-state index contributed by atoms with van der Waals surface area (Å²) in [5.41, 5.74) is 1.22. The van der Waals surface area contributed by atoms with E-state index in [1.54, 1.807) is 6.33 Å². The Morgan fingerprint density at radius 1 is 1.05 bits per heavy atom. The van der Waals surface area contributed by atoms with E-state index in [9.17, 15) is 0 Å². The molecule has 0 fully saturated rings.